The second-order valence-corrected chi connectivity index (χ2v) is 35.7. The molecule has 0 saturated carbocycles. The minimum Gasteiger partial charge on any atom is -0.309 e. The zero-order chi connectivity index (χ0) is 71.6. The van der Waals surface area contributed by atoms with E-state index < -0.39 is 21.6 Å². The van der Waals surface area contributed by atoms with E-state index in [1.807, 2.05) is 0 Å². The number of para-hydroxylation sites is 3. The Bertz CT molecular complexity index is 6410. The molecule has 0 saturated heterocycles. The van der Waals surface area contributed by atoms with Gasteiger partial charge >= 0.3 is 0 Å². The molecule has 0 bridgehead atoms. The van der Waals surface area contributed by atoms with Gasteiger partial charge in [-0.3, -0.25) is 9.13 Å². The van der Waals surface area contributed by atoms with Crippen molar-refractivity contribution in [3.63, 3.8) is 0 Å². The fourth-order valence-corrected chi connectivity index (χ4v) is 27.6. The minimum atomic E-state index is -3.11. The van der Waals surface area contributed by atoms with Gasteiger partial charge in [-0.05, 0) is 106 Å². The van der Waals surface area contributed by atoms with Crippen LogP contribution in [-0.4, -0.2) is 44.8 Å². The Morgan fingerprint density at radius 2 is 0.583 bits per heavy atom. The van der Waals surface area contributed by atoms with Gasteiger partial charge in [-0.1, -0.05) is 382 Å². The van der Waals surface area contributed by atoms with Crippen molar-refractivity contribution >= 4 is 123 Å². The van der Waals surface area contributed by atoms with Crippen molar-refractivity contribution in [2.75, 3.05) is 0 Å². The Labute approximate surface area is 628 Å². The highest BCUT2D eigenvalue weighted by Crippen LogP contribution is 2.49. The Kier molecular flexibility index (Phi) is 15.7. The summed E-state index contributed by atoms with van der Waals surface area (Å²) >= 11 is 0. The number of nitrogens with zero attached hydrogens (tertiary/aromatic N) is 6. The first-order valence-electron chi connectivity index (χ1n) is 37.1. The molecule has 508 valence electrons. The molecule has 0 N–H and O–H groups in total. The smallest absolute Gasteiger partial charge is 0.240 e. The molecular weight excluding hydrogens is 1340 g/mol. The van der Waals surface area contributed by atoms with Crippen molar-refractivity contribution in [3.8, 4) is 29.0 Å². The summed E-state index contributed by atoms with van der Waals surface area (Å²) in [4.78, 5) is 18.1. The summed E-state index contributed by atoms with van der Waals surface area (Å²) in [7, 11) is -6.13. The zero-order valence-electron chi connectivity index (χ0n) is 59.1. The van der Waals surface area contributed by atoms with Crippen LogP contribution in [0.1, 0.15) is 22.3 Å². The van der Waals surface area contributed by atoms with Gasteiger partial charge < -0.3 is 4.57 Å². The van der Waals surface area contributed by atoms with Gasteiger partial charge in [0, 0.05) is 43.6 Å². The molecule has 8 heteroatoms. The van der Waals surface area contributed by atoms with Crippen LogP contribution < -0.4 is 41.5 Å². The minimum absolute atomic E-state index is 0.482. The zero-order valence-corrected chi connectivity index (χ0v) is 61.1. The van der Waals surface area contributed by atoms with E-state index in [2.05, 4.69) is 438 Å². The Morgan fingerprint density at radius 3 is 1.07 bits per heavy atom. The summed E-state index contributed by atoms with van der Waals surface area (Å²) in [5.41, 5.74) is 11.8. The molecule has 0 amide bonds. The Balaban J connectivity index is 0.933. The second kappa shape index (κ2) is 26.5. The van der Waals surface area contributed by atoms with E-state index in [9.17, 15) is 0 Å². The van der Waals surface area contributed by atoms with Gasteiger partial charge in [-0.25, -0.2) is 0 Å². The monoisotopic (exact) mass is 1410 g/mol. The maximum atomic E-state index is 6.10. The van der Waals surface area contributed by atoms with Gasteiger partial charge in [0.25, 0.3) is 0 Å². The molecule has 4 aromatic heterocycles. The molecule has 0 aliphatic carbocycles. The van der Waals surface area contributed by atoms with Crippen LogP contribution in [0.15, 0.2) is 425 Å². The van der Waals surface area contributed by atoms with E-state index in [1.54, 1.807) is 0 Å². The molecule has 20 aromatic rings. The van der Waals surface area contributed by atoms with Crippen molar-refractivity contribution in [1.82, 2.24) is 28.7 Å². The van der Waals surface area contributed by atoms with Crippen LogP contribution >= 0.6 is 0 Å². The number of hydrogen-bond donors (Lipinski definition) is 0. The maximum absolute atomic E-state index is 6.10. The van der Waals surface area contributed by atoms with Crippen LogP contribution in [0.2, 0.25) is 0 Å². The molecule has 0 unspecified atom stereocenters. The second-order valence-electron chi connectivity index (χ2n) is 28.1. The van der Waals surface area contributed by atoms with Gasteiger partial charge in [0.15, 0.2) is 22.0 Å². The van der Waals surface area contributed by atoms with Gasteiger partial charge in [-0.2, -0.15) is 15.0 Å². The first kappa shape index (κ1) is 64.0. The Hall–Kier alpha value is -13.6. The van der Waals surface area contributed by atoms with E-state index >= 15 is 0 Å². The Morgan fingerprint density at radius 1 is 0.213 bits per heavy atom. The normalized spacial score (nSPS) is 12.1. The van der Waals surface area contributed by atoms with Crippen LogP contribution in [0.25, 0.3) is 94.4 Å². The lowest BCUT2D eigenvalue weighted by molar-refractivity contribution is 0.746. The number of rotatable bonds is 16. The highest BCUT2D eigenvalue weighted by molar-refractivity contribution is 7.20. The number of fused-ring (bicyclic) bond motifs is 10. The molecule has 0 atom stereocenters. The van der Waals surface area contributed by atoms with E-state index in [4.69, 9.17) is 15.0 Å². The van der Waals surface area contributed by atoms with Crippen LogP contribution in [0.4, 0.5) is 0 Å². The predicted octanol–water partition coefficient (Wildman–Crippen LogP) is 18.0. The van der Waals surface area contributed by atoms with E-state index in [0.29, 0.717) is 17.7 Å². The van der Waals surface area contributed by atoms with Crippen molar-refractivity contribution in [3.05, 3.63) is 447 Å². The molecule has 0 spiro atoms. The van der Waals surface area contributed by atoms with Crippen LogP contribution in [0.3, 0.4) is 0 Å². The molecule has 0 aliphatic heterocycles. The number of hydrogen-bond acceptors (Lipinski definition) is 3. The van der Waals surface area contributed by atoms with Crippen molar-refractivity contribution in [2.45, 2.75) is 5.41 Å². The SMILES string of the molecule is c1ccc(-n2c3ccccc3c3c2ccc2c4ccc(C(c5ccccc5)(c5ccccc5)c5ccccc5)cc4n(-c4nc(-c5cccc([Si](c6ccccc6)(c6ccccc6)c6ccccc6)c5)nc(-n5c6ccccc6c6cc([Si](c7ccccc7)(c7ccccc7)c7ccccc7)ccc65)n4)c23)cc1. The molecule has 6 nitrogen and oxygen atoms in total. The lowest BCUT2D eigenvalue weighted by atomic mass is 9.65. The van der Waals surface area contributed by atoms with Gasteiger partial charge in [0.05, 0.1) is 38.5 Å². The third kappa shape index (κ3) is 10.0. The van der Waals surface area contributed by atoms with Gasteiger partial charge in [-0.15, -0.1) is 0 Å². The third-order valence-corrected chi connectivity index (χ3v) is 32.1. The molecular formula is C100H70N6Si2. The lowest BCUT2D eigenvalue weighted by Crippen LogP contribution is -2.74. The van der Waals surface area contributed by atoms with Crippen LogP contribution in [0, 0.1) is 0 Å². The fraction of sp³-hybridized carbons (Fsp3) is 0.0100. The first-order valence-corrected chi connectivity index (χ1v) is 41.1. The summed E-state index contributed by atoms with van der Waals surface area (Å²) in [6.07, 6.45) is 0. The lowest BCUT2D eigenvalue weighted by Gasteiger charge is -2.37. The molecule has 0 fully saturated rings. The molecule has 20 rings (SSSR count). The first-order chi connectivity index (χ1) is 53.6. The van der Waals surface area contributed by atoms with Gasteiger partial charge in [0.1, 0.15) is 0 Å². The average molecular weight is 1410 g/mol. The summed E-state index contributed by atoms with van der Waals surface area (Å²) in [5, 5.41) is 16.8. The van der Waals surface area contributed by atoms with Crippen molar-refractivity contribution in [2.24, 2.45) is 0 Å². The maximum Gasteiger partial charge on any atom is 0.240 e. The molecule has 0 aliphatic rings. The average Bonchev–Trinajstić information content (AvgIpc) is 1.49. The van der Waals surface area contributed by atoms with Crippen LogP contribution in [0.5, 0.6) is 0 Å². The fourth-order valence-electron chi connectivity index (χ4n) is 18.0. The van der Waals surface area contributed by atoms with Crippen molar-refractivity contribution < 1.29 is 0 Å². The van der Waals surface area contributed by atoms with Crippen LogP contribution in [-0.2, 0) is 5.41 Å². The molecule has 108 heavy (non-hydrogen) atoms. The van der Waals surface area contributed by atoms with Crippen molar-refractivity contribution in [1.29, 1.82) is 0 Å². The summed E-state index contributed by atoms with van der Waals surface area (Å²) in [6, 6.07) is 157. The quantitative estimate of drug-likeness (QED) is 0.0716. The van der Waals surface area contributed by atoms with E-state index in [1.165, 1.54) is 41.5 Å². The highest BCUT2D eigenvalue weighted by atomic mass is 28.3. The van der Waals surface area contributed by atoms with Gasteiger partial charge in [0.2, 0.25) is 11.9 Å². The molecule has 0 radical (unpaired) electrons. The topological polar surface area (TPSA) is 53.5 Å². The highest BCUT2D eigenvalue weighted by Gasteiger charge is 2.44. The molecule has 4 heterocycles. The largest absolute Gasteiger partial charge is 0.309 e. The standard InChI is InChI=1S/C100H70N6Si2/c1-11-37-72(38-12-1)100(73-39-13-2-14-40-73,74-41-15-3-16-42-74)75-62-64-86-87-65-67-93-95(88-59-32-34-61-91(88)104(93)76-43-17-4-18-44-76)96(87)106(94(86)69-75)99-102-97(71-36-35-57-83(68-71)107(77-45-19-5-20-46-77,78-47-21-6-22-48-78)79-49-23-7-24-50-79)101-98(103-99)105-90-60-33-31-58-85(90)89-70-84(63-66-92(89)105)108(80-51-25-8-26-52-80,81-53-27-9-28-54-81)82-55-29-10-30-56-82/h1-70H. The predicted molar refractivity (Wildman–Crippen MR) is 454 cm³/mol. The van der Waals surface area contributed by atoms with E-state index in [0.717, 1.165) is 98.9 Å². The van der Waals surface area contributed by atoms with E-state index in [-0.39, 0.29) is 0 Å². The summed E-state index contributed by atoms with van der Waals surface area (Å²) in [5.74, 6) is 1.51. The summed E-state index contributed by atoms with van der Waals surface area (Å²) in [6.45, 7) is 0. The number of aromatic nitrogens is 6. The summed E-state index contributed by atoms with van der Waals surface area (Å²) < 4.78 is 7.12. The number of benzene rings is 16. The molecule has 16 aromatic carbocycles. The third-order valence-electron chi connectivity index (χ3n) is 22.5.